The van der Waals surface area contributed by atoms with E-state index < -0.39 is 0 Å². The number of rotatable bonds is 8. The number of hydrogen-bond acceptors (Lipinski definition) is 4. The maximum absolute atomic E-state index is 5.93. The number of aliphatic imine (C=N–C) groups is 1. The highest BCUT2D eigenvalue weighted by molar-refractivity contribution is 7.09. The Morgan fingerprint density at radius 2 is 2.18 bits per heavy atom. The molecule has 1 aromatic heterocycles. The van der Waals surface area contributed by atoms with Gasteiger partial charge in [-0.25, -0.2) is 4.98 Å². The smallest absolute Gasteiger partial charge is 0.193 e. The first-order valence-corrected chi connectivity index (χ1v) is 11.0. The molecule has 1 atom stereocenters. The van der Waals surface area contributed by atoms with E-state index in [1.54, 1.807) is 11.3 Å². The fourth-order valence-electron chi connectivity index (χ4n) is 3.42. The van der Waals surface area contributed by atoms with Crippen LogP contribution >= 0.6 is 11.3 Å². The third kappa shape index (κ3) is 6.04. The van der Waals surface area contributed by atoms with Crippen molar-refractivity contribution in [2.24, 2.45) is 10.9 Å². The monoisotopic (exact) mass is 400 g/mol. The van der Waals surface area contributed by atoms with Crippen molar-refractivity contribution in [1.82, 2.24) is 15.2 Å². The van der Waals surface area contributed by atoms with Gasteiger partial charge < -0.3 is 15.0 Å². The summed E-state index contributed by atoms with van der Waals surface area (Å²) in [5.41, 5.74) is 2.41. The van der Waals surface area contributed by atoms with Crippen molar-refractivity contribution < 1.29 is 4.74 Å². The molecule has 1 N–H and O–H groups in total. The molecule has 1 aliphatic heterocycles. The predicted octanol–water partition coefficient (Wildman–Crippen LogP) is 3.92. The Hall–Kier alpha value is -1.92. The second-order valence-corrected chi connectivity index (χ2v) is 8.55. The van der Waals surface area contributed by atoms with Crippen molar-refractivity contribution >= 4 is 17.3 Å². The number of aromatic nitrogens is 1. The molecule has 0 saturated carbocycles. The zero-order valence-corrected chi connectivity index (χ0v) is 18.0. The highest BCUT2D eigenvalue weighted by atomic mass is 32.1. The summed E-state index contributed by atoms with van der Waals surface area (Å²) in [7, 11) is 1.86. The summed E-state index contributed by atoms with van der Waals surface area (Å²) in [6.45, 7) is 8.77. The van der Waals surface area contributed by atoms with E-state index in [1.165, 1.54) is 16.3 Å². The van der Waals surface area contributed by atoms with Gasteiger partial charge in [0.15, 0.2) is 5.96 Å². The standard InChI is InChI=1S/C22H32N4OS/c1-17(2)21-25-20(16-28-21)9-11-24-22(23-3)26-12-10-19(13-26)15-27-14-18-7-5-4-6-8-18/h4-8,16-17,19H,9-15H2,1-3H3,(H,23,24). The van der Waals surface area contributed by atoms with Gasteiger partial charge >= 0.3 is 0 Å². The van der Waals surface area contributed by atoms with Crippen LogP contribution in [0, 0.1) is 5.92 Å². The molecule has 0 bridgehead atoms. The van der Waals surface area contributed by atoms with Crippen molar-refractivity contribution in [3.05, 3.63) is 52.0 Å². The molecule has 1 fully saturated rings. The van der Waals surface area contributed by atoms with Crippen molar-refractivity contribution in [2.75, 3.05) is 33.3 Å². The number of nitrogens with zero attached hydrogens (tertiary/aromatic N) is 3. The van der Waals surface area contributed by atoms with Crippen LogP contribution in [0.25, 0.3) is 0 Å². The van der Waals surface area contributed by atoms with Gasteiger partial charge in [-0.1, -0.05) is 44.2 Å². The molecule has 6 heteroatoms. The minimum absolute atomic E-state index is 0.505. The third-order valence-corrected chi connectivity index (χ3v) is 6.18. The van der Waals surface area contributed by atoms with Crippen LogP contribution in [0.1, 0.15) is 42.5 Å². The maximum Gasteiger partial charge on any atom is 0.193 e. The molecule has 5 nitrogen and oxygen atoms in total. The molecule has 0 aliphatic carbocycles. The van der Waals surface area contributed by atoms with Gasteiger partial charge in [0.05, 0.1) is 23.9 Å². The predicted molar refractivity (Wildman–Crippen MR) is 117 cm³/mol. The number of ether oxygens (including phenoxy) is 1. The molecule has 2 heterocycles. The van der Waals surface area contributed by atoms with Crippen molar-refractivity contribution in [1.29, 1.82) is 0 Å². The van der Waals surface area contributed by atoms with Gasteiger partial charge in [0.2, 0.25) is 0 Å². The SMILES string of the molecule is CN=C(NCCc1csc(C(C)C)n1)N1CCC(COCc2ccccc2)C1. The lowest BCUT2D eigenvalue weighted by Crippen LogP contribution is -2.41. The Balaban J connectivity index is 1.37. The van der Waals surface area contributed by atoms with Gasteiger partial charge in [-0.05, 0) is 12.0 Å². The quantitative estimate of drug-likeness (QED) is 0.539. The van der Waals surface area contributed by atoms with E-state index in [1.807, 2.05) is 13.1 Å². The van der Waals surface area contributed by atoms with E-state index in [0.29, 0.717) is 18.4 Å². The van der Waals surface area contributed by atoms with E-state index in [0.717, 1.165) is 45.0 Å². The van der Waals surface area contributed by atoms with E-state index in [9.17, 15) is 0 Å². The lowest BCUT2D eigenvalue weighted by atomic mass is 10.1. The van der Waals surface area contributed by atoms with Gasteiger partial charge in [0, 0.05) is 50.3 Å². The van der Waals surface area contributed by atoms with Gasteiger partial charge in [-0.2, -0.15) is 0 Å². The number of guanidine groups is 1. The number of thiazole rings is 1. The Morgan fingerprint density at radius 1 is 1.36 bits per heavy atom. The van der Waals surface area contributed by atoms with Crippen LogP contribution in [0.15, 0.2) is 40.7 Å². The van der Waals surface area contributed by atoms with Gasteiger partial charge in [0.1, 0.15) is 0 Å². The lowest BCUT2D eigenvalue weighted by molar-refractivity contribution is 0.0907. The van der Waals surface area contributed by atoms with Crippen LogP contribution < -0.4 is 5.32 Å². The average molecular weight is 401 g/mol. The van der Waals surface area contributed by atoms with Crippen LogP contribution in [0.5, 0.6) is 0 Å². The van der Waals surface area contributed by atoms with Crippen LogP contribution in [-0.2, 0) is 17.8 Å². The topological polar surface area (TPSA) is 49.8 Å². The molecule has 1 saturated heterocycles. The van der Waals surface area contributed by atoms with E-state index in [-0.39, 0.29) is 0 Å². The lowest BCUT2D eigenvalue weighted by Gasteiger charge is -2.21. The summed E-state index contributed by atoms with van der Waals surface area (Å²) in [4.78, 5) is 11.5. The van der Waals surface area contributed by atoms with Crippen molar-refractivity contribution in [3.63, 3.8) is 0 Å². The molecule has 1 aromatic carbocycles. The Labute approximate surface area is 172 Å². The zero-order valence-electron chi connectivity index (χ0n) is 17.2. The molecule has 152 valence electrons. The van der Waals surface area contributed by atoms with E-state index in [2.05, 4.69) is 58.7 Å². The van der Waals surface area contributed by atoms with Crippen LogP contribution in [-0.4, -0.2) is 49.1 Å². The summed E-state index contributed by atoms with van der Waals surface area (Å²) in [6.07, 6.45) is 2.08. The molecule has 3 rings (SSSR count). The summed E-state index contributed by atoms with van der Waals surface area (Å²) in [6, 6.07) is 10.4. The minimum Gasteiger partial charge on any atom is -0.376 e. The number of nitrogens with one attached hydrogen (secondary N) is 1. The second kappa shape index (κ2) is 10.6. The Morgan fingerprint density at radius 3 is 2.89 bits per heavy atom. The van der Waals surface area contributed by atoms with Crippen LogP contribution in [0.3, 0.4) is 0 Å². The fraction of sp³-hybridized carbons (Fsp3) is 0.545. The minimum atomic E-state index is 0.505. The van der Waals surface area contributed by atoms with Gasteiger partial charge in [0.25, 0.3) is 0 Å². The first-order valence-electron chi connectivity index (χ1n) is 10.2. The summed E-state index contributed by atoms with van der Waals surface area (Å²) < 4.78 is 5.93. The highest BCUT2D eigenvalue weighted by Gasteiger charge is 2.24. The molecule has 1 aliphatic rings. The molecule has 0 radical (unpaired) electrons. The van der Waals surface area contributed by atoms with E-state index in [4.69, 9.17) is 9.72 Å². The zero-order chi connectivity index (χ0) is 19.8. The first-order chi connectivity index (χ1) is 13.7. The summed E-state index contributed by atoms with van der Waals surface area (Å²) >= 11 is 1.76. The van der Waals surface area contributed by atoms with Crippen molar-refractivity contribution in [2.45, 2.75) is 39.2 Å². The third-order valence-electron chi connectivity index (χ3n) is 4.99. The Bertz CT molecular complexity index is 744. The molecular weight excluding hydrogens is 368 g/mol. The molecule has 0 amide bonds. The van der Waals surface area contributed by atoms with Crippen LogP contribution in [0.4, 0.5) is 0 Å². The second-order valence-electron chi connectivity index (χ2n) is 7.66. The highest BCUT2D eigenvalue weighted by Crippen LogP contribution is 2.20. The van der Waals surface area contributed by atoms with Gasteiger partial charge in [-0.15, -0.1) is 11.3 Å². The maximum atomic E-state index is 5.93. The molecule has 1 unspecified atom stereocenters. The molecular formula is C22H32N4OS. The van der Waals surface area contributed by atoms with E-state index >= 15 is 0 Å². The summed E-state index contributed by atoms with van der Waals surface area (Å²) in [5, 5.41) is 6.90. The average Bonchev–Trinajstić information content (AvgIpc) is 3.36. The normalized spacial score (nSPS) is 17.5. The first kappa shape index (κ1) is 20.8. The number of likely N-dealkylation sites (tertiary alicyclic amines) is 1. The van der Waals surface area contributed by atoms with Gasteiger partial charge in [-0.3, -0.25) is 4.99 Å². The van der Waals surface area contributed by atoms with Crippen LogP contribution in [0.2, 0.25) is 0 Å². The molecule has 2 aromatic rings. The fourth-order valence-corrected chi connectivity index (χ4v) is 4.29. The largest absolute Gasteiger partial charge is 0.376 e. The molecule has 0 spiro atoms. The number of benzene rings is 1. The van der Waals surface area contributed by atoms with Crippen molar-refractivity contribution in [3.8, 4) is 0 Å². The summed E-state index contributed by atoms with van der Waals surface area (Å²) in [5.74, 6) is 2.06. The Kier molecular flexibility index (Phi) is 7.86. The number of hydrogen-bond donors (Lipinski definition) is 1. The molecule has 28 heavy (non-hydrogen) atoms.